The van der Waals surface area contributed by atoms with Gasteiger partial charge in [0.25, 0.3) is 0 Å². The molecule has 0 radical (unpaired) electrons. The Balaban J connectivity index is 2.07. The van der Waals surface area contributed by atoms with E-state index in [1.807, 2.05) is 25.1 Å². The molecule has 7 nitrogen and oxygen atoms in total. The van der Waals surface area contributed by atoms with Gasteiger partial charge >= 0.3 is 5.97 Å². The lowest BCUT2D eigenvalue weighted by Gasteiger charge is -2.34. The van der Waals surface area contributed by atoms with Gasteiger partial charge in [0.15, 0.2) is 17.5 Å². The van der Waals surface area contributed by atoms with Crippen molar-refractivity contribution in [1.29, 1.82) is 0 Å². The number of carbonyl (C=O) groups excluding carboxylic acids is 3. The fourth-order valence-corrected chi connectivity index (χ4v) is 3.47. The molecule has 0 fully saturated rings. The van der Waals surface area contributed by atoms with Gasteiger partial charge in [-0.2, -0.15) is 0 Å². The van der Waals surface area contributed by atoms with Crippen LogP contribution in [0.2, 0.25) is 0 Å². The monoisotopic (exact) mass is 380 g/mol. The Morgan fingerprint density at radius 3 is 2.46 bits per heavy atom. The molecule has 1 unspecified atom stereocenters. The number of nitrogens with one attached hydrogen (secondary N) is 1. The van der Waals surface area contributed by atoms with Crippen LogP contribution >= 0.6 is 0 Å². The molecule has 1 heterocycles. The number of aromatic nitrogens is 1. The van der Waals surface area contributed by atoms with Crippen molar-refractivity contribution in [2.75, 3.05) is 6.54 Å². The smallest absolute Gasteiger partial charge is 0.322 e. The average molecular weight is 380 g/mol. The predicted octanol–water partition coefficient (Wildman–Crippen LogP) is 1.92. The number of pyridine rings is 1. The van der Waals surface area contributed by atoms with Gasteiger partial charge in [0.05, 0.1) is 5.41 Å². The van der Waals surface area contributed by atoms with Crippen LogP contribution in [-0.4, -0.2) is 40.1 Å². The summed E-state index contributed by atoms with van der Waals surface area (Å²) in [6, 6.07) is 8.94. The second-order valence-corrected chi connectivity index (χ2v) is 7.34. The highest BCUT2D eigenvalue weighted by atomic mass is 16.4. The van der Waals surface area contributed by atoms with Crippen LogP contribution in [0.1, 0.15) is 35.5 Å². The van der Waals surface area contributed by atoms with E-state index in [9.17, 15) is 19.2 Å². The minimum atomic E-state index is -1.56. The molecule has 2 N–H and O–H groups in total. The topological polar surface area (TPSA) is 113 Å². The summed E-state index contributed by atoms with van der Waals surface area (Å²) in [7, 11) is 0. The summed E-state index contributed by atoms with van der Waals surface area (Å²) in [6.45, 7) is 4.53. The molecule has 7 heteroatoms. The Bertz CT molecular complexity index is 1010. The van der Waals surface area contributed by atoms with Crippen molar-refractivity contribution in [3.8, 4) is 11.1 Å². The van der Waals surface area contributed by atoms with E-state index in [0.29, 0.717) is 11.1 Å². The summed E-state index contributed by atoms with van der Waals surface area (Å²) in [5.41, 5.74) is 2.26. The number of Topliss-reactive ketones (excluding diaryl/α,β-unsaturated/α-hetero) is 2. The van der Waals surface area contributed by atoms with E-state index in [-0.39, 0.29) is 0 Å². The molecule has 1 aromatic carbocycles. The molecule has 28 heavy (non-hydrogen) atoms. The molecule has 3 rings (SSSR count). The lowest BCUT2D eigenvalue weighted by Crippen LogP contribution is -2.51. The number of ketones is 2. The van der Waals surface area contributed by atoms with Gasteiger partial charge < -0.3 is 10.4 Å². The summed E-state index contributed by atoms with van der Waals surface area (Å²) in [5, 5.41) is 10.9. The number of carboxylic acids is 1. The zero-order valence-corrected chi connectivity index (χ0v) is 15.8. The number of fused-ring (bicyclic) bond motifs is 1. The Morgan fingerprint density at radius 1 is 1.14 bits per heavy atom. The second kappa shape index (κ2) is 6.99. The standard InChI is InChI=1S/C21H20N2O5/c1-11-8-13(6-7-22-11)12-4-5-15-14(9-12)18(26)17(19(27)21(15,2)3)20(28)23-10-16(24)25/h4-9,17H,10H2,1-3H3,(H,23,28)(H,24,25). The highest BCUT2D eigenvalue weighted by Crippen LogP contribution is 2.38. The Kier molecular flexibility index (Phi) is 4.85. The van der Waals surface area contributed by atoms with Crippen molar-refractivity contribution >= 4 is 23.4 Å². The van der Waals surface area contributed by atoms with Crippen LogP contribution in [0.5, 0.6) is 0 Å². The molecule has 0 saturated heterocycles. The molecular formula is C21H20N2O5. The number of nitrogens with zero attached hydrogens (tertiary/aromatic N) is 1. The highest BCUT2D eigenvalue weighted by molar-refractivity contribution is 6.29. The third kappa shape index (κ3) is 3.31. The van der Waals surface area contributed by atoms with Crippen LogP contribution in [0.3, 0.4) is 0 Å². The molecule has 1 atom stereocenters. The molecular weight excluding hydrogens is 360 g/mol. The molecule has 0 spiro atoms. The normalized spacial score (nSPS) is 17.8. The van der Waals surface area contributed by atoms with Crippen LogP contribution in [0.15, 0.2) is 36.5 Å². The SMILES string of the molecule is Cc1cc(-c2ccc3c(c2)C(=O)C(C(=O)NCC(=O)O)C(=O)C3(C)C)ccn1. The highest BCUT2D eigenvalue weighted by Gasteiger charge is 2.49. The summed E-state index contributed by atoms with van der Waals surface area (Å²) in [4.78, 5) is 53.1. The lowest BCUT2D eigenvalue weighted by molar-refractivity contribution is -0.140. The number of amides is 1. The van der Waals surface area contributed by atoms with Gasteiger partial charge in [-0.1, -0.05) is 12.1 Å². The van der Waals surface area contributed by atoms with E-state index in [2.05, 4.69) is 10.3 Å². The molecule has 0 bridgehead atoms. The minimum absolute atomic E-state index is 0.298. The molecule has 2 aromatic rings. The maximum absolute atomic E-state index is 13.0. The van der Waals surface area contributed by atoms with Crippen LogP contribution in [-0.2, 0) is 19.8 Å². The fraction of sp³-hybridized carbons (Fsp3) is 0.286. The van der Waals surface area contributed by atoms with Crippen molar-refractivity contribution in [2.45, 2.75) is 26.2 Å². The van der Waals surface area contributed by atoms with Crippen molar-refractivity contribution in [3.05, 3.63) is 53.3 Å². The first-order chi connectivity index (χ1) is 13.1. The van der Waals surface area contributed by atoms with E-state index in [1.165, 1.54) is 0 Å². The number of aliphatic carboxylic acids is 1. The number of hydrogen-bond donors (Lipinski definition) is 2. The maximum Gasteiger partial charge on any atom is 0.322 e. The number of hydrogen-bond acceptors (Lipinski definition) is 5. The van der Waals surface area contributed by atoms with Crippen molar-refractivity contribution in [2.24, 2.45) is 5.92 Å². The number of rotatable bonds is 4. The van der Waals surface area contributed by atoms with Gasteiger partial charge in [-0.05, 0) is 55.7 Å². The number of benzene rings is 1. The molecule has 1 aliphatic rings. The van der Waals surface area contributed by atoms with Crippen molar-refractivity contribution < 1.29 is 24.3 Å². The summed E-state index contributed by atoms with van der Waals surface area (Å²) in [6.07, 6.45) is 1.67. The molecule has 144 valence electrons. The van der Waals surface area contributed by atoms with Crippen molar-refractivity contribution in [1.82, 2.24) is 10.3 Å². The van der Waals surface area contributed by atoms with Crippen LogP contribution < -0.4 is 5.32 Å². The van der Waals surface area contributed by atoms with E-state index in [1.54, 1.807) is 32.2 Å². The summed E-state index contributed by atoms with van der Waals surface area (Å²) >= 11 is 0. The summed E-state index contributed by atoms with van der Waals surface area (Å²) < 4.78 is 0. The first-order valence-electron chi connectivity index (χ1n) is 8.78. The van der Waals surface area contributed by atoms with Gasteiger partial charge in [-0.25, -0.2) is 0 Å². The van der Waals surface area contributed by atoms with Crippen molar-refractivity contribution in [3.63, 3.8) is 0 Å². The molecule has 1 amide bonds. The van der Waals surface area contributed by atoms with Crippen LogP contribution in [0, 0.1) is 12.8 Å². The second-order valence-electron chi connectivity index (χ2n) is 7.34. The Morgan fingerprint density at radius 2 is 1.82 bits per heavy atom. The number of aryl methyl sites for hydroxylation is 1. The molecule has 1 aromatic heterocycles. The third-order valence-electron chi connectivity index (χ3n) is 5.00. The first-order valence-corrected chi connectivity index (χ1v) is 8.78. The van der Waals surface area contributed by atoms with Crippen LogP contribution in [0.4, 0.5) is 0 Å². The molecule has 0 aliphatic heterocycles. The van der Waals surface area contributed by atoms with E-state index in [0.717, 1.165) is 16.8 Å². The van der Waals surface area contributed by atoms with Gasteiger partial charge in [0.1, 0.15) is 6.54 Å². The zero-order chi connectivity index (χ0) is 20.6. The third-order valence-corrected chi connectivity index (χ3v) is 5.00. The first kappa shape index (κ1) is 19.4. The Labute approximate surface area is 161 Å². The van der Waals surface area contributed by atoms with E-state index < -0.39 is 41.3 Å². The minimum Gasteiger partial charge on any atom is -0.480 e. The van der Waals surface area contributed by atoms with E-state index in [4.69, 9.17) is 5.11 Å². The molecule has 0 saturated carbocycles. The maximum atomic E-state index is 13.0. The summed E-state index contributed by atoms with van der Waals surface area (Å²) in [5.74, 6) is -4.85. The average Bonchev–Trinajstić information content (AvgIpc) is 2.65. The lowest BCUT2D eigenvalue weighted by atomic mass is 9.66. The van der Waals surface area contributed by atoms with Gasteiger partial charge in [-0.3, -0.25) is 24.2 Å². The Hall–Kier alpha value is -3.35. The van der Waals surface area contributed by atoms with E-state index >= 15 is 0 Å². The van der Waals surface area contributed by atoms with Gasteiger partial charge in [0.2, 0.25) is 5.91 Å². The van der Waals surface area contributed by atoms with Gasteiger partial charge in [-0.15, -0.1) is 0 Å². The zero-order valence-electron chi connectivity index (χ0n) is 15.8. The largest absolute Gasteiger partial charge is 0.480 e. The fourth-order valence-electron chi connectivity index (χ4n) is 3.47. The predicted molar refractivity (Wildman–Crippen MR) is 101 cm³/mol. The van der Waals surface area contributed by atoms with Gasteiger partial charge in [0, 0.05) is 17.5 Å². The molecule has 1 aliphatic carbocycles. The van der Waals surface area contributed by atoms with Crippen LogP contribution in [0.25, 0.3) is 11.1 Å². The number of carbonyl (C=O) groups is 4. The number of carboxylic acid groups (broad SMARTS) is 1. The quantitative estimate of drug-likeness (QED) is 0.784.